The van der Waals surface area contributed by atoms with Gasteiger partial charge < -0.3 is 14.8 Å². The van der Waals surface area contributed by atoms with Gasteiger partial charge in [0.2, 0.25) is 0 Å². The van der Waals surface area contributed by atoms with Crippen molar-refractivity contribution in [1.82, 2.24) is 5.32 Å². The zero-order valence-corrected chi connectivity index (χ0v) is 13.0. The molecule has 19 heavy (non-hydrogen) atoms. The van der Waals surface area contributed by atoms with Crippen molar-refractivity contribution in [2.24, 2.45) is 0 Å². The van der Waals surface area contributed by atoms with Gasteiger partial charge in [0, 0.05) is 23.0 Å². The van der Waals surface area contributed by atoms with Crippen LogP contribution in [0.5, 0.6) is 5.75 Å². The molecule has 1 N–H and O–H groups in total. The summed E-state index contributed by atoms with van der Waals surface area (Å²) in [4.78, 5) is 11.1. The molecule has 106 valence electrons. The molecule has 0 saturated carbocycles. The van der Waals surface area contributed by atoms with E-state index in [9.17, 15) is 4.79 Å². The Kier molecular flexibility index (Phi) is 7.52. The lowest BCUT2D eigenvalue weighted by Gasteiger charge is -2.10. The first-order chi connectivity index (χ1) is 9.17. The highest BCUT2D eigenvalue weighted by atomic mass is 79.9. The van der Waals surface area contributed by atoms with E-state index in [0.29, 0.717) is 19.6 Å². The van der Waals surface area contributed by atoms with Crippen LogP contribution in [0.4, 0.5) is 0 Å². The summed E-state index contributed by atoms with van der Waals surface area (Å²) in [6, 6.07) is 5.90. The standard InChI is InChI=1S/C14H20BrNO3/c1-3-19-14(17)5-4-8-16-10-11-9-12(15)6-7-13(11)18-2/h6-7,9,16H,3-5,8,10H2,1-2H3. The Bertz CT molecular complexity index is 410. The molecule has 0 bridgehead atoms. The van der Waals surface area contributed by atoms with E-state index in [1.165, 1.54) is 0 Å². The van der Waals surface area contributed by atoms with E-state index >= 15 is 0 Å². The molecule has 0 heterocycles. The van der Waals surface area contributed by atoms with Crippen molar-refractivity contribution in [3.8, 4) is 5.75 Å². The molecule has 4 nitrogen and oxygen atoms in total. The van der Waals surface area contributed by atoms with Crippen molar-refractivity contribution in [3.63, 3.8) is 0 Å². The normalized spacial score (nSPS) is 10.3. The first-order valence-corrected chi connectivity index (χ1v) is 7.15. The highest BCUT2D eigenvalue weighted by Gasteiger charge is 2.04. The molecule has 0 amide bonds. The summed E-state index contributed by atoms with van der Waals surface area (Å²) in [5.74, 6) is 0.727. The SMILES string of the molecule is CCOC(=O)CCCNCc1cc(Br)ccc1OC. The number of benzene rings is 1. The molecule has 0 aliphatic rings. The van der Waals surface area contributed by atoms with Gasteiger partial charge in [-0.3, -0.25) is 4.79 Å². The average molecular weight is 330 g/mol. The number of methoxy groups -OCH3 is 1. The molecule has 0 spiro atoms. The monoisotopic (exact) mass is 329 g/mol. The fourth-order valence-electron chi connectivity index (χ4n) is 1.70. The largest absolute Gasteiger partial charge is 0.496 e. The summed E-state index contributed by atoms with van der Waals surface area (Å²) in [7, 11) is 1.66. The maximum absolute atomic E-state index is 11.1. The Morgan fingerprint density at radius 3 is 2.89 bits per heavy atom. The maximum atomic E-state index is 11.1. The lowest BCUT2D eigenvalue weighted by Crippen LogP contribution is -2.17. The van der Waals surface area contributed by atoms with E-state index in [0.717, 1.165) is 28.8 Å². The van der Waals surface area contributed by atoms with Gasteiger partial charge in [-0.15, -0.1) is 0 Å². The van der Waals surface area contributed by atoms with Gasteiger partial charge in [0.05, 0.1) is 13.7 Å². The number of carbonyl (C=O) groups is 1. The molecule has 1 aromatic rings. The number of carbonyl (C=O) groups excluding carboxylic acids is 1. The number of hydrogen-bond acceptors (Lipinski definition) is 4. The molecule has 0 aromatic heterocycles. The molecule has 0 saturated heterocycles. The third-order valence-corrected chi connectivity index (χ3v) is 3.09. The molecule has 0 atom stereocenters. The second-order valence-corrected chi connectivity index (χ2v) is 4.96. The van der Waals surface area contributed by atoms with Gasteiger partial charge in [-0.1, -0.05) is 15.9 Å². The minimum atomic E-state index is -0.135. The number of esters is 1. The molecule has 1 aromatic carbocycles. The van der Waals surface area contributed by atoms with Crippen LogP contribution in [0, 0.1) is 0 Å². The van der Waals surface area contributed by atoms with Crippen LogP contribution in [0.25, 0.3) is 0 Å². The zero-order valence-electron chi connectivity index (χ0n) is 11.4. The second kappa shape index (κ2) is 8.93. The van der Waals surface area contributed by atoms with Crippen LogP contribution in [0.2, 0.25) is 0 Å². The first-order valence-electron chi connectivity index (χ1n) is 6.36. The molecule has 0 aliphatic heterocycles. The maximum Gasteiger partial charge on any atom is 0.305 e. The summed E-state index contributed by atoms with van der Waals surface area (Å²) >= 11 is 3.44. The first kappa shape index (κ1) is 16.0. The Morgan fingerprint density at radius 1 is 1.42 bits per heavy atom. The van der Waals surface area contributed by atoms with Crippen LogP contribution >= 0.6 is 15.9 Å². The zero-order chi connectivity index (χ0) is 14.1. The number of halogens is 1. The van der Waals surface area contributed by atoms with Crippen molar-refractivity contribution in [1.29, 1.82) is 0 Å². The minimum Gasteiger partial charge on any atom is -0.496 e. The lowest BCUT2D eigenvalue weighted by atomic mass is 10.2. The molecule has 5 heteroatoms. The fraction of sp³-hybridized carbons (Fsp3) is 0.500. The molecular formula is C14H20BrNO3. The summed E-state index contributed by atoms with van der Waals surface area (Å²) < 4.78 is 11.2. The topological polar surface area (TPSA) is 47.6 Å². The summed E-state index contributed by atoms with van der Waals surface area (Å²) in [6.45, 7) is 3.75. The summed E-state index contributed by atoms with van der Waals surface area (Å²) in [6.07, 6.45) is 1.23. The van der Waals surface area contributed by atoms with Crippen molar-refractivity contribution in [2.75, 3.05) is 20.3 Å². The number of ether oxygens (including phenoxy) is 2. The molecule has 0 fully saturated rings. The van der Waals surface area contributed by atoms with Gasteiger partial charge in [0.25, 0.3) is 0 Å². The predicted octanol–water partition coefficient (Wildman–Crippen LogP) is 2.89. The molecule has 0 unspecified atom stereocenters. The van der Waals surface area contributed by atoms with Crippen LogP contribution in [-0.2, 0) is 16.1 Å². The van der Waals surface area contributed by atoms with Crippen molar-refractivity contribution in [3.05, 3.63) is 28.2 Å². The highest BCUT2D eigenvalue weighted by Crippen LogP contribution is 2.22. The third-order valence-electron chi connectivity index (χ3n) is 2.60. The van der Waals surface area contributed by atoms with Gasteiger partial charge in [-0.05, 0) is 38.1 Å². The van der Waals surface area contributed by atoms with Crippen molar-refractivity contribution >= 4 is 21.9 Å². The second-order valence-electron chi connectivity index (χ2n) is 4.04. The lowest BCUT2D eigenvalue weighted by molar-refractivity contribution is -0.143. The van der Waals surface area contributed by atoms with E-state index in [4.69, 9.17) is 9.47 Å². The van der Waals surface area contributed by atoms with E-state index in [1.54, 1.807) is 7.11 Å². The van der Waals surface area contributed by atoms with Gasteiger partial charge in [0.15, 0.2) is 0 Å². The summed E-state index contributed by atoms with van der Waals surface area (Å²) in [5, 5.41) is 3.29. The number of rotatable bonds is 8. The van der Waals surface area contributed by atoms with Gasteiger partial charge >= 0.3 is 5.97 Å². The molecule has 0 radical (unpaired) electrons. The summed E-state index contributed by atoms with van der Waals surface area (Å²) in [5.41, 5.74) is 1.09. The van der Waals surface area contributed by atoms with Crippen molar-refractivity contribution in [2.45, 2.75) is 26.3 Å². The van der Waals surface area contributed by atoms with Gasteiger partial charge in [-0.2, -0.15) is 0 Å². The van der Waals surface area contributed by atoms with E-state index < -0.39 is 0 Å². The minimum absolute atomic E-state index is 0.135. The van der Waals surface area contributed by atoms with Gasteiger partial charge in [-0.25, -0.2) is 0 Å². The van der Waals surface area contributed by atoms with Crippen LogP contribution in [0.1, 0.15) is 25.3 Å². The Hall–Kier alpha value is -1.07. The number of nitrogens with one attached hydrogen (secondary N) is 1. The Morgan fingerprint density at radius 2 is 2.21 bits per heavy atom. The van der Waals surface area contributed by atoms with Crippen molar-refractivity contribution < 1.29 is 14.3 Å². The van der Waals surface area contributed by atoms with Crippen LogP contribution < -0.4 is 10.1 Å². The van der Waals surface area contributed by atoms with E-state index in [1.807, 2.05) is 25.1 Å². The molecular weight excluding hydrogens is 310 g/mol. The Labute approximate surface area is 122 Å². The quantitative estimate of drug-likeness (QED) is 0.588. The third kappa shape index (κ3) is 6.07. The van der Waals surface area contributed by atoms with Crippen LogP contribution in [0.15, 0.2) is 22.7 Å². The van der Waals surface area contributed by atoms with E-state index in [-0.39, 0.29) is 5.97 Å². The molecule has 1 rings (SSSR count). The Balaban J connectivity index is 2.29. The molecule has 0 aliphatic carbocycles. The van der Waals surface area contributed by atoms with Crippen LogP contribution in [-0.4, -0.2) is 26.2 Å². The smallest absolute Gasteiger partial charge is 0.305 e. The van der Waals surface area contributed by atoms with E-state index in [2.05, 4.69) is 21.2 Å². The predicted molar refractivity (Wildman–Crippen MR) is 78.3 cm³/mol. The number of hydrogen-bond donors (Lipinski definition) is 1. The average Bonchev–Trinajstić information content (AvgIpc) is 2.39. The van der Waals surface area contributed by atoms with Crippen LogP contribution in [0.3, 0.4) is 0 Å². The fourth-order valence-corrected chi connectivity index (χ4v) is 2.11. The van der Waals surface area contributed by atoms with Gasteiger partial charge in [0.1, 0.15) is 5.75 Å². The highest BCUT2D eigenvalue weighted by molar-refractivity contribution is 9.10.